The third kappa shape index (κ3) is 83.4. The van der Waals surface area contributed by atoms with Crippen LogP contribution in [0, 0.1) is 0 Å². The number of esters is 1. The Morgan fingerprint density at radius 2 is 0.474 bits per heavy atom. The Bertz CT molecular complexity index is 1480. The van der Waals surface area contributed by atoms with Crippen molar-refractivity contribution in [2.45, 2.75) is 546 Å². The van der Waals surface area contributed by atoms with Crippen molar-refractivity contribution in [3.05, 3.63) is 12.2 Å². The van der Waals surface area contributed by atoms with E-state index in [9.17, 15) is 19.8 Å². The van der Waals surface area contributed by atoms with E-state index in [4.69, 9.17) is 4.74 Å². The SMILES string of the molecule is CCCCCCCCCCCCCCCCCCCCCCCC/C=C/C(O)C(CO)NC(=O)CCCCCCCCCCCCCCCCCCCCCCCCCCCCCCCCCCCCCCCCCOC(=O)CCCCCCCCCCCCCCCCCCC. The summed E-state index contributed by atoms with van der Waals surface area (Å²) in [5.41, 5.74) is 0. The van der Waals surface area contributed by atoms with Crippen molar-refractivity contribution in [1.29, 1.82) is 0 Å². The van der Waals surface area contributed by atoms with Gasteiger partial charge in [0.25, 0.3) is 0 Å². The van der Waals surface area contributed by atoms with Gasteiger partial charge in [0.2, 0.25) is 5.91 Å². The maximum Gasteiger partial charge on any atom is 0.305 e. The third-order valence-electron chi connectivity index (χ3n) is 21.8. The molecule has 0 aliphatic heterocycles. The van der Waals surface area contributed by atoms with Crippen LogP contribution in [0.1, 0.15) is 534 Å². The van der Waals surface area contributed by atoms with E-state index in [1.165, 1.54) is 469 Å². The molecule has 0 spiro atoms. The van der Waals surface area contributed by atoms with Crippen LogP contribution >= 0.6 is 0 Å². The highest BCUT2D eigenvalue weighted by atomic mass is 16.5. The average Bonchev–Trinajstić information content (AvgIpc) is 2.81. The van der Waals surface area contributed by atoms with Crippen LogP contribution in [0.2, 0.25) is 0 Å². The summed E-state index contributed by atoms with van der Waals surface area (Å²) in [5.74, 6) is -0.0261. The van der Waals surface area contributed by atoms with Gasteiger partial charge < -0.3 is 20.3 Å². The number of hydrogen-bond acceptors (Lipinski definition) is 5. The monoisotopic (exact) mass is 1370 g/mol. The first-order chi connectivity index (χ1) is 48.0. The average molecular weight is 1370 g/mol. The molecule has 578 valence electrons. The predicted molar refractivity (Wildman–Crippen MR) is 430 cm³/mol. The van der Waals surface area contributed by atoms with Crippen LogP contribution in [-0.2, 0) is 14.3 Å². The Balaban J connectivity index is 3.31. The number of nitrogens with one attached hydrogen (secondary N) is 1. The van der Waals surface area contributed by atoms with E-state index in [1.807, 2.05) is 6.08 Å². The molecule has 0 saturated carbocycles. The number of unbranched alkanes of at least 4 members (excludes halogenated alkanes) is 76. The molecular formula is C91H179NO5. The molecule has 0 aliphatic rings. The lowest BCUT2D eigenvalue weighted by Crippen LogP contribution is -2.45. The highest BCUT2D eigenvalue weighted by Gasteiger charge is 2.18. The maximum absolute atomic E-state index is 12.6. The van der Waals surface area contributed by atoms with Crippen molar-refractivity contribution in [2.24, 2.45) is 0 Å². The van der Waals surface area contributed by atoms with Gasteiger partial charge in [-0.25, -0.2) is 0 Å². The Kier molecular flexibility index (Phi) is 85.7. The molecule has 2 unspecified atom stereocenters. The van der Waals surface area contributed by atoms with E-state index >= 15 is 0 Å². The van der Waals surface area contributed by atoms with E-state index in [2.05, 4.69) is 19.2 Å². The Labute approximate surface area is 609 Å². The number of carbonyl (C=O) groups is 2. The quantitative estimate of drug-likeness (QED) is 0.0320. The molecule has 0 fully saturated rings. The number of carbonyl (C=O) groups excluding carboxylic acids is 2. The molecule has 0 radical (unpaired) electrons. The molecule has 97 heavy (non-hydrogen) atoms. The minimum absolute atomic E-state index is 0.0294. The number of ether oxygens (including phenoxy) is 1. The second-order valence-corrected chi connectivity index (χ2v) is 31.7. The lowest BCUT2D eigenvalue weighted by Gasteiger charge is -2.20. The van der Waals surface area contributed by atoms with Crippen molar-refractivity contribution >= 4 is 11.9 Å². The Hall–Kier alpha value is -1.40. The second-order valence-electron chi connectivity index (χ2n) is 31.7. The topological polar surface area (TPSA) is 95.9 Å². The van der Waals surface area contributed by atoms with E-state index in [0.717, 1.165) is 38.5 Å². The van der Waals surface area contributed by atoms with Gasteiger partial charge in [0.05, 0.1) is 25.4 Å². The fourth-order valence-electron chi connectivity index (χ4n) is 14.9. The Morgan fingerprint density at radius 1 is 0.278 bits per heavy atom. The summed E-state index contributed by atoms with van der Waals surface area (Å²) < 4.78 is 5.52. The third-order valence-corrected chi connectivity index (χ3v) is 21.8. The highest BCUT2D eigenvalue weighted by molar-refractivity contribution is 5.76. The minimum Gasteiger partial charge on any atom is -0.466 e. The maximum atomic E-state index is 12.6. The molecule has 0 aromatic heterocycles. The molecule has 0 aliphatic carbocycles. The number of aliphatic hydroxyl groups is 2. The van der Waals surface area contributed by atoms with Crippen LogP contribution in [-0.4, -0.2) is 47.4 Å². The largest absolute Gasteiger partial charge is 0.466 e. The van der Waals surface area contributed by atoms with Gasteiger partial charge >= 0.3 is 5.97 Å². The lowest BCUT2D eigenvalue weighted by molar-refractivity contribution is -0.143. The van der Waals surface area contributed by atoms with Gasteiger partial charge in [-0.2, -0.15) is 0 Å². The number of allylic oxidation sites excluding steroid dienone is 1. The van der Waals surface area contributed by atoms with E-state index in [1.54, 1.807) is 6.08 Å². The summed E-state index contributed by atoms with van der Waals surface area (Å²) in [4.78, 5) is 24.7. The van der Waals surface area contributed by atoms with Crippen molar-refractivity contribution in [1.82, 2.24) is 5.32 Å². The molecule has 0 rings (SSSR count). The smallest absolute Gasteiger partial charge is 0.305 e. The van der Waals surface area contributed by atoms with Crippen LogP contribution in [0.15, 0.2) is 12.2 Å². The van der Waals surface area contributed by atoms with Crippen molar-refractivity contribution in [3.63, 3.8) is 0 Å². The minimum atomic E-state index is -0.841. The fraction of sp³-hybridized carbons (Fsp3) is 0.956. The molecule has 3 N–H and O–H groups in total. The summed E-state index contributed by atoms with van der Waals surface area (Å²) in [5, 5.41) is 23.3. The van der Waals surface area contributed by atoms with Crippen LogP contribution in [0.3, 0.4) is 0 Å². The summed E-state index contributed by atoms with van der Waals surface area (Å²) in [6.07, 6.45) is 113. The zero-order chi connectivity index (χ0) is 69.8. The summed E-state index contributed by atoms with van der Waals surface area (Å²) in [6, 6.07) is -0.624. The standard InChI is InChI=1S/C91H179NO5/c1-3-5-7-9-11-13-15-17-19-21-22-23-24-42-45-48-52-55-59-63-67-71-75-79-83-89(94)88(87-93)92-90(95)84-80-76-72-68-64-60-56-53-49-46-43-40-38-36-34-32-30-28-26-25-27-29-31-33-35-37-39-41-44-47-50-54-58-62-66-70-74-78-82-86-97-91(96)85-81-77-73-69-65-61-57-51-20-18-16-14-12-10-8-6-4-2/h79,83,88-89,93-94H,3-78,80-82,84-87H2,1-2H3,(H,92,95)/b83-79+. The zero-order valence-corrected chi connectivity index (χ0v) is 66.6. The summed E-state index contributed by atoms with van der Waals surface area (Å²) in [6.45, 7) is 4.98. The molecule has 0 bridgehead atoms. The van der Waals surface area contributed by atoms with Gasteiger partial charge in [-0.05, 0) is 32.1 Å². The fourth-order valence-corrected chi connectivity index (χ4v) is 14.9. The predicted octanol–water partition coefficient (Wildman–Crippen LogP) is 30.6. The molecular weight excluding hydrogens is 1190 g/mol. The molecule has 6 heteroatoms. The van der Waals surface area contributed by atoms with Crippen LogP contribution < -0.4 is 5.32 Å². The van der Waals surface area contributed by atoms with Crippen LogP contribution in [0.4, 0.5) is 0 Å². The molecule has 0 saturated heterocycles. The van der Waals surface area contributed by atoms with Gasteiger partial charge in [0.15, 0.2) is 0 Å². The lowest BCUT2D eigenvalue weighted by atomic mass is 10.0. The van der Waals surface area contributed by atoms with Gasteiger partial charge in [-0.3, -0.25) is 9.59 Å². The first-order valence-corrected chi connectivity index (χ1v) is 45.5. The second kappa shape index (κ2) is 87.0. The molecule has 1 amide bonds. The first kappa shape index (κ1) is 95.6. The first-order valence-electron chi connectivity index (χ1n) is 45.5. The number of hydrogen-bond donors (Lipinski definition) is 3. The van der Waals surface area contributed by atoms with Crippen LogP contribution in [0.25, 0.3) is 0 Å². The molecule has 2 atom stereocenters. The number of rotatable bonds is 87. The van der Waals surface area contributed by atoms with Crippen molar-refractivity contribution in [2.75, 3.05) is 13.2 Å². The molecule has 6 nitrogen and oxygen atoms in total. The van der Waals surface area contributed by atoms with Crippen molar-refractivity contribution in [3.8, 4) is 0 Å². The molecule has 0 heterocycles. The zero-order valence-electron chi connectivity index (χ0n) is 66.6. The van der Waals surface area contributed by atoms with E-state index in [0.29, 0.717) is 19.4 Å². The Morgan fingerprint density at radius 3 is 0.701 bits per heavy atom. The van der Waals surface area contributed by atoms with E-state index in [-0.39, 0.29) is 18.5 Å². The van der Waals surface area contributed by atoms with Gasteiger partial charge in [-0.15, -0.1) is 0 Å². The van der Waals surface area contributed by atoms with Gasteiger partial charge in [0, 0.05) is 12.8 Å². The molecule has 0 aromatic carbocycles. The van der Waals surface area contributed by atoms with Crippen LogP contribution in [0.5, 0.6) is 0 Å². The normalized spacial score (nSPS) is 12.4. The van der Waals surface area contributed by atoms with Gasteiger partial charge in [0.1, 0.15) is 0 Å². The van der Waals surface area contributed by atoms with Gasteiger partial charge in [-0.1, -0.05) is 501 Å². The summed E-state index contributed by atoms with van der Waals surface area (Å²) in [7, 11) is 0. The number of amides is 1. The molecule has 0 aromatic rings. The van der Waals surface area contributed by atoms with Crippen molar-refractivity contribution < 1.29 is 24.5 Å². The summed E-state index contributed by atoms with van der Waals surface area (Å²) >= 11 is 0. The highest BCUT2D eigenvalue weighted by Crippen LogP contribution is 2.22. The number of aliphatic hydroxyl groups excluding tert-OH is 2. The van der Waals surface area contributed by atoms with E-state index < -0.39 is 12.1 Å².